The summed E-state index contributed by atoms with van der Waals surface area (Å²) in [5, 5.41) is 0. The number of nitrogens with zero attached hydrogens (tertiary/aromatic N) is 1. The van der Waals surface area contributed by atoms with E-state index < -0.39 is 0 Å². The van der Waals surface area contributed by atoms with Gasteiger partial charge in [-0.2, -0.15) is 0 Å². The van der Waals surface area contributed by atoms with E-state index in [1.807, 2.05) is 0 Å². The molecule has 1 saturated carbocycles. The summed E-state index contributed by atoms with van der Waals surface area (Å²) in [4.78, 5) is 4.33. The van der Waals surface area contributed by atoms with Crippen molar-refractivity contribution < 1.29 is 0 Å². The first-order valence-corrected chi connectivity index (χ1v) is 6.08. The summed E-state index contributed by atoms with van der Waals surface area (Å²) in [5.41, 5.74) is 1.18. The van der Waals surface area contributed by atoms with Gasteiger partial charge in [-0.05, 0) is 28.8 Å². The zero-order valence-corrected chi connectivity index (χ0v) is 9.68. The van der Waals surface area contributed by atoms with E-state index >= 15 is 0 Å². The monoisotopic (exact) mass is 265 g/mol. The van der Waals surface area contributed by atoms with Gasteiger partial charge in [0.1, 0.15) is 0 Å². The zero-order chi connectivity index (χ0) is 8.55. The van der Waals surface area contributed by atoms with Crippen molar-refractivity contribution in [2.45, 2.75) is 31.6 Å². The molecule has 0 spiro atoms. The van der Waals surface area contributed by atoms with E-state index in [9.17, 15) is 0 Å². The second-order valence-corrected chi connectivity index (χ2v) is 6.01. The first-order valence-electron chi connectivity index (χ1n) is 4.09. The highest BCUT2D eigenvalue weighted by molar-refractivity contribution is 9.11. The Morgan fingerprint density at radius 3 is 2.58 bits per heavy atom. The van der Waals surface area contributed by atoms with Crippen LogP contribution >= 0.6 is 38.9 Å². The predicted molar refractivity (Wildman–Crippen MR) is 56.0 cm³/mol. The average Bonchev–Trinajstić information content (AvgIpc) is 2.58. The third-order valence-corrected chi connectivity index (χ3v) is 4.18. The molecule has 4 heteroatoms. The summed E-state index contributed by atoms with van der Waals surface area (Å²) in [6.07, 6.45) is 5.23. The van der Waals surface area contributed by atoms with Gasteiger partial charge in [-0.3, -0.25) is 0 Å². The molecule has 1 fully saturated rings. The first-order chi connectivity index (χ1) is 5.77. The third-order valence-electron chi connectivity index (χ3n) is 2.33. The third kappa shape index (κ3) is 1.68. The van der Waals surface area contributed by atoms with E-state index in [-0.39, 0.29) is 0 Å². The summed E-state index contributed by atoms with van der Waals surface area (Å²) in [6, 6.07) is 0. The van der Waals surface area contributed by atoms with Crippen LogP contribution in [-0.4, -0.2) is 4.98 Å². The fraction of sp³-hybridized carbons (Fsp3) is 0.625. The number of hydrogen-bond acceptors (Lipinski definition) is 2. The van der Waals surface area contributed by atoms with Crippen LogP contribution in [0.15, 0.2) is 3.79 Å². The lowest BCUT2D eigenvalue weighted by Crippen LogP contribution is -1.92. The molecule has 0 radical (unpaired) electrons. The molecule has 0 N–H and O–H groups in total. The summed E-state index contributed by atoms with van der Waals surface area (Å²) < 4.78 is 1.78. The van der Waals surface area contributed by atoms with Gasteiger partial charge in [0.2, 0.25) is 0 Å². The van der Waals surface area contributed by atoms with Gasteiger partial charge >= 0.3 is 0 Å². The Kier molecular flexibility index (Phi) is 2.72. The van der Waals surface area contributed by atoms with Crippen LogP contribution in [0, 0.1) is 0 Å². The van der Waals surface area contributed by atoms with Crippen molar-refractivity contribution in [1.82, 2.24) is 4.98 Å². The lowest BCUT2D eigenvalue weighted by Gasteiger charge is -2.04. The normalized spacial score (nSPS) is 18.8. The summed E-state index contributed by atoms with van der Waals surface area (Å²) in [6.45, 7) is 0. The van der Waals surface area contributed by atoms with Gasteiger partial charge in [-0.25, -0.2) is 4.98 Å². The number of aromatic nitrogens is 1. The molecule has 0 aliphatic heterocycles. The lowest BCUT2D eigenvalue weighted by atomic mass is 10.1. The highest BCUT2D eigenvalue weighted by Gasteiger charge is 2.22. The number of halogens is 2. The number of rotatable bonds is 1. The number of thiazole rings is 1. The molecular weight excluding hydrogens is 258 g/mol. The lowest BCUT2D eigenvalue weighted by molar-refractivity contribution is 0.700. The average molecular weight is 267 g/mol. The van der Waals surface area contributed by atoms with Gasteiger partial charge in [-0.1, -0.05) is 35.8 Å². The van der Waals surface area contributed by atoms with Gasteiger partial charge < -0.3 is 0 Å². The minimum absolute atomic E-state index is 0.656. The van der Waals surface area contributed by atoms with Gasteiger partial charge in [0.25, 0.3) is 0 Å². The maximum absolute atomic E-state index is 5.82. The molecular formula is C8H9BrClNS. The number of hydrogen-bond donors (Lipinski definition) is 0. The van der Waals surface area contributed by atoms with Crippen LogP contribution in [-0.2, 0) is 0 Å². The molecule has 1 aliphatic carbocycles. The molecule has 1 aliphatic rings. The van der Waals surface area contributed by atoms with Crippen molar-refractivity contribution in [3.05, 3.63) is 13.9 Å². The van der Waals surface area contributed by atoms with Crippen molar-refractivity contribution in [2.24, 2.45) is 0 Å². The standard InChI is InChI=1S/C8H9BrClNS/c9-7-6(11-8(10)12-7)5-3-1-2-4-5/h5H,1-4H2. The van der Waals surface area contributed by atoms with Crippen molar-refractivity contribution in [3.8, 4) is 0 Å². The second kappa shape index (κ2) is 3.64. The molecule has 0 atom stereocenters. The Morgan fingerprint density at radius 1 is 1.42 bits per heavy atom. The highest BCUT2D eigenvalue weighted by atomic mass is 79.9. The Labute approximate surface area is 89.3 Å². The highest BCUT2D eigenvalue weighted by Crippen LogP contribution is 2.40. The van der Waals surface area contributed by atoms with Crippen molar-refractivity contribution in [2.75, 3.05) is 0 Å². The molecule has 12 heavy (non-hydrogen) atoms. The summed E-state index contributed by atoms with van der Waals surface area (Å²) >= 11 is 10.8. The van der Waals surface area contributed by atoms with E-state index in [2.05, 4.69) is 20.9 Å². The maximum atomic E-state index is 5.82. The van der Waals surface area contributed by atoms with Crippen LogP contribution in [0.5, 0.6) is 0 Å². The SMILES string of the molecule is Clc1nc(C2CCCC2)c(Br)s1. The quantitative estimate of drug-likeness (QED) is 0.742. The molecule has 0 bridgehead atoms. The van der Waals surface area contributed by atoms with Crippen LogP contribution in [0.25, 0.3) is 0 Å². The minimum Gasteiger partial charge on any atom is -0.229 e. The molecule has 0 aromatic carbocycles. The van der Waals surface area contributed by atoms with Gasteiger partial charge in [0, 0.05) is 5.92 Å². The van der Waals surface area contributed by atoms with Gasteiger partial charge in [0.15, 0.2) is 4.47 Å². The smallest absolute Gasteiger partial charge is 0.184 e. The van der Waals surface area contributed by atoms with E-state index in [1.165, 1.54) is 42.7 Å². The Hall–Kier alpha value is 0.400. The Morgan fingerprint density at radius 2 is 2.08 bits per heavy atom. The molecule has 0 unspecified atom stereocenters. The molecule has 0 saturated heterocycles. The van der Waals surface area contributed by atoms with E-state index in [0.717, 1.165) is 3.79 Å². The van der Waals surface area contributed by atoms with Crippen molar-refractivity contribution in [1.29, 1.82) is 0 Å². The van der Waals surface area contributed by atoms with Gasteiger partial charge in [0.05, 0.1) is 9.48 Å². The largest absolute Gasteiger partial charge is 0.229 e. The van der Waals surface area contributed by atoms with Crippen LogP contribution in [0.4, 0.5) is 0 Å². The molecule has 2 rings (SSSR count). The molecule has 1 aromatic rings. The molecule has 66 valence electrons. The summed E-state index contributed by atoms with van der Waals surface area (Å²) in [7, 11) is 0. The van der Waals surface area contributed by atoms with Crippen LogP contribution in [0.1, 0.15) is 37.3 Å². The van der Waals surface area contributed by atoms with Crippen LogP contribution < -0.4 is 0 Å². The van der Waals surface area contributed by atoms with Gasteiger partial charge in [-0.15, -0.1) is 0 Å². The molecule has 0 amide bonds. The minimum atomic E-state index is 0.656. The first kappa shape index (κ1) is 8.97. The fourth-order valence-electron chi connectivity index (χ4n) is 1.74. The molecule has 1 nitrogen and oxygen atoms in total. The fourth-order valence-corrected chi connectivity index (χ4v) is 3.82. The Balaban J connectivity index is 2.25. The zero-order valence-electron chi connectivity index (χ0n) is 6.52. The molecule has 1 aromatic heterocycles. The predicted octanol–water partition coefficient (Wildman–Crippen LogP) is 4.22. The van der Waals surface area contributed by atoms with E-state index in [1.54, 1.807) is 0 Å². The maximum Gasteiger partial charge on any atom is 0.184 e. The van der Waals surface area contributed by atoms with Crippen molar-refractivity contribution >= 4 is 38.9 Å². The van der Waals surface area contributed by atoms with Crippen LogP contribution in [0.3, 0.4) is 0 Å². The Bertz CT molecular complexity index is 281. The summed E-state index contributed by atoms with van der Waals surface area (Å²) in [5.74, 6) is 0.656. The second-order valence-electron chi connectivity index (χ2n) is 3.11. The van der Waals surface area contributed by atoms with Crippen LogP contribution in [0.2, 0.25) is 4.47 Å². The van der Waals surface area contributed by atoms with E-state index in [0.29, 0.717) is 10.4 Å². The van der Waals surface area contributed by atoms with Crippen molar-refractivity contribution in [3.63, 3.8) is 0 Å². The molecule has 1 heterocycles. The topological polar surface area (TPSA) is 12.9 Å². The van der Waals surface area contributed by atoms with E-state index in [4.69, 9.17) is 11.6 Å².